The number of hydrogen-bond donors (Lipinski definition) is 4. The summed E-state index contributed by atoms with van der Waals surface area (Å²) in [5, 5.41) is 34.4. The van der Waals surface area contributed by atoms with Crippen LogP contribution in [0, 0.1) is 0 Å². The fourth-order valence-corrected chi connectivity index (χ4v) is 1.68. The highest BCUT2D eigenvalue weighted by molar-refractivity contribution is 6.11. The molecule has 2 rings (SSSR count). The van der Waals surface area contributed by atoms with Gasteiger partial charge in [0.25, 0.3) is 0 Å². The zero-order valence-corrected chi connectivity index (χ0v) is 10.5. The highest BCUT2D eigenvalue weighted by Crippen LogP contribution is 2.22. The van der Waals surface area contributed by atoms with Gasteiger partial charge in [-0.1, -0.05) is 30.3 Å². The summed E-state index contributed by atoms with van der Waals surface area (Å²) in [6.07, 6.45) is 0. The van der Waals surface area contributed by atoms with Crippen molar-refractivity contribution in [3.05, 3.63) is 47.5 Å². The molecular formula is C14H14O6. The van der Waals surface area contributed by atoms with Crippen LogP contribution in [0.3, 0.4) is 0 Å². The number of carboxylic acid groups (broad SMARTS) is 2. The van der Waals surface area contributed by atoms with E-state index in [9.17, 15) is 9.59 Å². The lowest BCUT2D eigenvalue weighted by atomic mass is 9.99. The van der Waals surface area contributed by atoms with Gasteiger partial charge in [-0.25, -0.2) is 9.59 Å². The summed E-state index contributed by atoms with van der Waals surface area (Å²) >= 11 is 0. The highest BCUT2D eigenvalue weighted by atomic mass is 16.4. The third-order valence-corrected chi connectivity index (χ3v) is 2.47. The molecule has 0 spiro atoms. The van der Waals surface area contributed by atoms with Crippen LogP contribution in [0.15, 0.2) is 36.4 Å². The van der Waals surface area contributed by atoms with Crippen molar-refractivity contribution in [1.29, 1.82) is 0 Å². The van der Waals surface area contributed by atoms with E-state index in [4.69, 9.17) is 20.4 Å². The van der Waals surface area contributed by atoms with Crippen LogP contribution < -0.4 is 0 Å². The van der Waals surface area contributed by atoms with Crippen LogP contribution in [0.4, 0.5) is 0 Å². The molecule has 0 heterocycles. The van der Waals surface area contributed by atoms with Gasteiger partial charge in [0.2, 0.25) is 0 Å². The maximum absolute atomic E-state index is 11.1. The molecule has 2 aromatic carbocycles. The standard InChI is InChI=1S/C12H8O4.C2H6O2/c13-11(14)9-6-5-7-3-1-2-4-8(7)10(9)12(15)16;3-1-2-4/h1-6H,(H,13,14)(H,15,16);3-4H,1-2H2. The summed E-state index contributed by atoms with van der Waals surface area (Å²) in [7, 11) is 0. The molecule has 0 aliphatic rings. The Morgan fingerprint density at radius 2 is 1.45 bits per heavy atom. The molecule has 4 N–H and O–H groups in total. The van der Waals surface area contributed by atoms with Crippen LogP contribution in [-0.2, 0) is 0 Å². The van der Waals surface area contributed by atoms with Gasteiger partial charge in [0.1, 0.15) is 0 Å². The van der Waals surface area contributed by atoms with Crippen molar-refractivity contribution >= 4 is 22.7 Å². The van der Waals surface area contributed by atoms with E-state index in [1.165, 1.54) is 6.07 Å². The number of rotatable bonds is 3. The lowest BCUT2D eigenvalue weighted by Crippen LogP contribution is -2.08. The fraction of sp³-hybridized carbons (Fsp3) is 0.143. The Morgan fingerprint density at radius 3 is 1.95 bits per heavy atom. The Morgan fingerprint density at radius 1 is 0.850 bits per heavy atom. The van der Waals surface area contributed by atoms with Gasteiger partial charge in [0.15, 0.2) is 0 Å². The van der Waals surface area contributed by atoms with Gasteiger partial charge < -0.3 is 20.4 Å². The number of fused-ring (bicyclic) bond motifs is 1. The van der Waals surface area contributed by atoms with E-state index in [2.05, 4.69) is 0 Å². The summed E-state index contributed by atoms with van der Waals surface area (Å²) in [4.78, 5) is 22.0. The summed E-state index contributed by atoms with van der Waals surface area (Å²) in [5.41, 5.74) is -0.350. The van der Waals surface area contributed by atoms with Gasteiger partial charge in [0, 0.05) is 0 Å². The molecule has 0 saturated heterocycles. The second kappa shape index (κ2) is 7.22. The van der Waals surface area contributed by atoms with Crippen LogP contribution in [0.1, 0.15) is 20.7 Å². The van der Waals surface area contributed by atoms with Crippen LogP contribution in [0.5, 0.6) is 0 Å². The minimum absolute atomic E-state index is 0.125. The molecule has 0 unspecified atom stereocenters. The van der Waals surface area contributed by atoms with Crippen LogP contribution in [0.2, 0.25) is 0 Å². The van der Waals surface area contributed by atoms with Crippen LogP contribution in [-0.4, -0.2) is 45.6 Å². The molecule has 106 valence electrons. The Labute approximate surface area is 114 Å². The SMILES string of the molecule is O=C(O)c1ccc2ccccc2c1C(=O)O.OCCO. The molecule has 0 amide bonds. The first-order valence-corrected chi connectivity index (χ1v) is 5.73. The molecule has 0 aliphatic carbocycles. The predicted molar refractivity (Wildman–Crippen MR) is 72.0 cm³/mol. The summed E-state index contributed by atoms with van der Waals surface area (Å²) in [5.74, 6) is -2.46. The Balaban J connectivity index is 0.000000444. The van der Waals surface area contributed by atoms with Crippen LogP contribution in [0.25, 0.3) is 10.8 Å². The number of benzene rings is 2. The van der Waals surface area contributed by atoms with E-state index in [0.717, 1.165) is 0 Å². The van der Waals surface area contributed by atoms with Gasteiger partial charge in [-0.3, -0.25) is 0 Å². The molecular weight excluding hydrogens is 264 g/mol. The van der Waals surface area contributed by atoms with Crippen molar-refractivity contribution in [2.45, 2.75) is 0 Å². The number of aromatic carboxylic acids is 2. The quantitative estimate of drug-likeness (QED) is 0.670. The zero-order chi connectivity index (χ0) is 15.1. The molecule has 6 nitrogen and oxygen atoms in total. The summed E-state index contributed by atoms with van der Waals surface area (Å²) < 4.78 is 0. The van der Waals surface area contributed by atoms with E-state index >= 15 is 0 Å². The number of aliphatic hydroxyl groups is 2. The van der Waals surface area contributed by atoms with E-state index in [1.54, 1.807) is 30.3 Å². The van der Waals surface area contributed by atoms with E-state index < -0.39 is 11.9 Å². The first kappa shape index (κ1) is 15.6. The average Bonchev–Trinajstić information content (AvgIpc) is 2.45. The fourth-order valence-electron chi connectivity index (χ4n) is 1.68. The lowest BCUT2D eigenvalue weighted by Gasteiger charge is -2.05. The monoisotopic (exact) mass is 278 g/mol. The third-order valence-electron chi connectivity index (χ3n) is 2.47. The van der Waals surface area contributed by atoms with Crippen LogP contribution >= 0.6 is 0 Å². The minimum Gasteiger partial charge on any atom is -0.478 e. The van der Waals surface area contributed by atoms with Crippen molar-refractivity contribution in [3.8, 4) is 0 Å². The van der Waals surface area contributed by atoms with Crippen molar-refractivity contribution in [1.82, 2.24) is 0 Å². The Kier molecular flexibility index (Phi) is 5.64. The predicted octanol–water partition coefficient (Wildman–Crippen LogP) is 1.21. The summed E-state index contributed by atoms with van der Waals surface area (Å²) in [6.45, 7) is -0.250. The Hall–Kier alpha value is -2.44. The van der Waals surface area contributed by atoms with Gasteiger partial charge in [-0.2, -0.15) is 0 Å². The molecule has 0 radical (unpaired) electrons. The maximum atomic E-state index is 11.1. The molecule has 6 heteroatoms. The molecule has 2 aromatic rings. The topological polar surface area (TPSA) is 115 Å². The second-order valence-electron chi connectivity index (χ2n) is 3.77. The van der Waals surface area contributed by atoms with Crippen molar-refractivity contribution < 1.29 is 30.0 Å². The number of hydrogen-bond acceptors (Lipinski definition) is 4. The maximum Gasteiger partial charge on any atom is 0.337 e. The smallest absolute Gasteiger partial charge is 0.337 e. The number of carbonyl (C=O) groups is 2. The number of aliphatic hydroxyl groups excluding tert-OH is 2. The molecule has 0 saturated carbocycles. The van der Waals surface area contributed by atoms with Crippen molar-refractivity contribution in [2.75, 3.05) is 13.2 Å². The Bertz CT molecular complexity index is 618. The third kappa shape index (κ3) is 3.53. The van der Waals surface area contributed by atoms with Gasteiger partial charge in [0.05, 0.1) is 24.3 Å². The van der Waals surface area contributed by atoms with E-state index in [0.29, 0.717) is 10.8 Å². The molecule has 0 aliphatic heterocycles. The molecule has 0 bridgehead atoms. The highest BCUT2D eigenvalue weighted by Gasteiger charge is 2.18. The molecule has 0 atom stereocenters. The van der Waals surface area contributed by atoms with Gasteiger partial charge >= 0.3 is 11.9 Å². The van der Waals surface area contributed by atoms with E-state index in [-0.39, 0.29) is 24.3 Å². The molecule has 0 fully saturated rings. The summed E-state index contributed by atoms with van der Waals surface area (Å²) in [6, 6.07) is 9.72. The molecule has 0 aromatic heterocycles. The van der Waals surface area contributed by atoms with Crippen molar-refractivity contribution in [2.24, 2.45) is 0 Å². The number of carboxylic acids is 2. The van der Waals surface area contributed by atoms with Gasteiger partial charge in [-0.15, -0.1) is 0 Å². The van der Waals surface area contributed by atoms with E-state index in [1.807, 2.05) is 0 Å². The molecule has 20 heavy (non-hydrogen) atoms. The normalized spacial score (nSPS) is 9.70. The van der Waals surface area contributed by atoms with Gasteiger partial charge in [-0.05, 0) is 16.8 Å². The largest absolute Gasteiger partial charge is 0.478 e. The second-order valence-corrected chi connectivity index (χ2v) is 3.77. The minimum atomic E-state index is -1.23. The van der Waals surface area contributed by atoms with Crippen molar-refractivity contribution in [3.63, 3.8) is 0 Å². The lowest BCUT2D eigenvalue weighted by molar-refractivity contribution is 0.0653. The average molecular weight is 278 g/mol. The first-order chi connectivity index (χ1) is 9.52. The first-order valence-electron chi connectivity index (χ1n) is 5.73. The zero-order valence-electron chi connectivity index (χ0n) is 10.5.